The molecule has 1 saturated carbocycles. The maximum Gasteiger partial charge on any atom is 0.305 e. The van der Waals surface area contributed by atoms with Crippen LogP contribution in [0.2, 0.25) is 0 Å². The molecule has 0 spiro atoms. The van der Waals surface area contributed by atoms with Crippen molar-refractivity contribution in [1.82, 2.24) is 5.32 Å². The van der Waals surface area contributed by atoms with Gasteiger partial charge in [0.25, 0.3) is 5.91 Å². The molecule has 0 radical (unpaired) electrons. The average Bonchev–Trinajstić information content (AvgIpc) is 3.09. The fourth-order valence-corrected chi connectivity index (χ4v) is 2.42. The van der Waals surface area contributed by atoms with Gasteiger partial charge < -0.3 is 14.8 Å². The predicted octanol–water partition coefficient (Wildman–Crippen LogP) is 2.13. The smallest absolute Gasteiger partial charge is 0.305 e. The van der Waals surface area contributed by atoms with Crippen LogP contribution in [-0.4, -0.2) is 29.3 Å². The second-order valence-electron chi connectivity index (χ2n) is 4.71. The molecule has 1 aromatic heterocycles. The maximum atomic E-state index is 12.0. The first-order valence-corrected chi connectivity index (χ1v) is 7.60. The third-order valence-corrected chi connectivity index (χ3v) is 3.65. The molecule has 0 bridgehead atoms. The van der Waals surface area contributed by atoms with Gasteiger partial charge in [0, 0.05) is 6.04 Å². The van der Waals surface area contributed by atoms with Crippen LogP contribution in [0, 0.1) is 5.92 Å². The summed E-state index contributed by atoms with van der Waals surface area (Å²) in [5, 5.41) is 11.6. The van der Waals surface area contributed by atoms with Crippen LogP contribution >= 0.6 is 11.8 Å². The molecule has 1 atom stereocenters. The SMILES string of the molecule is CSCc1ccc(C(=O)NC(CC(=O)O)C2CC2)o1. The molecule has 1 aromatic rings. The molecular weight excluding hydrogens is 266 g/mol. The lowest BCUT2D eigenvalue weighted by Crippen LogP contribution is -2.37. The Kier molecular flexibility index (Phi) is 4.52. The molecule has 1 aliphatic carbocycles. The van der Waals surface area contributed by atoms with Crippen molar-refractivity contribution < 1.29 is 19.1 Å². The van der Waals surface area contributed by atoms with Gasteiger partial charge in [-0.25, -0.2) is 0 Å². The van der Waals surface area contributed by atoms with Crippen LogP contribution in [0.5, 0.6) is 0 Å². The lowest BCUT2D eigenvalue weighted by atomic mass is 10.1. The van der Waals surface area contributed by atoms with Crippen molar-refractivity contribution in [2.75, 3.05) is 6.26 Å². The van der Waals surface area contributed by atoms with Gasteiger partial charge in [0.2, 0.25) is 0 Å². The first kappa shape index (κ1) is 14.0. The van der Waals surface area contributed by atoms with Crippen LogP contribution in [0.3, 0.4) is 0 Å². The molecule has 2 N–H and O–H groups in total. The topological polar surface area (TPSA) is 79.5 Å². The number of carboxylic acid groups (broad SMARTS) is 1. The van der Waals surface area contributed by atoms with Crippen molar-refractivity contribution in [1.29, 1.82) is 0 Å². The van der Waals surface area contributed by atoms with E-state index in [9.17, 15) is 9.59 Å². The van der Waals surface area contributed by atoms with Gasteiger partial charge in [-0.1, -0.05) is 0 Å². The molecule has 104 valence electrons. The van der Waals surface area contributed by atoms with Gasteiger partial charge in [0.05, 0.1) is 12.2 Å². The highest BCUT2D eigenvalue weighted by atomic mass is 32.2. The van der Waals surface area contributed by atoms with Gasteiger partial charge >= 0.3 is 5.97 Å². The zero-order valence-corrected chi connectivity index (χ0v) is 11.5. The Morgan fingerprint density at radius 3 is 2.84 bits per heavy atom. The number of furan rings is 1. The number of hydrogen-bond acceptors (Lipinski definition) is 4. The van der Waals surface area contributed by atoms with Crippen LogP contribution in [0.15, 0.2) is 16.5 Å². The lowest BCUT2D eigenvalue weighted by molar-refractivity contribution is -0.137. The minimum atomic E-state index is -0.889. The van der Waals surface area contributed by atoms with E-state index in [1.807, 2.05) is 6.26 Å². The summed E-state index contributed by atoms with van der Waals surface area (Å²) in [6.45, 7) is 0. The highest BCUT2D eigenvalue weighted by Crippen LogP contribution is 2.34. The Balaban J connectivity index is 1.95. The summed E-state index contributed by atoms with van der Waals surface area (Å²) in [4.78, 5) is 22.8. The van der Waals surface area contributed by atoms with Crippen molar-refractivity contribution >= 4 is 23.6 Å². The van der Waals surface area contributed by atoms with Crippen molar-refractivity contribution in [3.8, 4) is 0 Å². The van der Waals surface area contributed by atoms with Crippen LogP contribution in [-0.2, 0) is 10.5 Å². The third kappa shape index (κ3) is 4.02. The van der Waals surface area contributed by atoms with E-state index < -0.39 is 5.97 Å². The van der Waals surface area contributed by atoms with Crippen molar-refractivity contribution in [2.24, 2.45) is 5.92 Å². The monoisotopic (exact) mass is 283 g/mol. The molecule has 6 heteroatoms. The maximum absolute atomic E-state index is 12.0. The summed E-state index contributed by atoms with van der Waals surface area (Å²) in [5.74, 6) is 0.791. The Bertz CT molecular complexity index is 467. The number of hydrogen-bond donors (Lipinski definition) is 2. The molecule has 1 heterocycles. The highest BCUT2D eigenvalue weighted by molar-refractivity contribution is 7.97. The zero-order valence-electron chi connectivity index (χ0n) is 10.7. The van der Waals surface area contributed by atoms with Crippen LogP contribution in [0.4, 0.5) is 0 Å². The van der Waals surface area contributed by atoms with Gasteiger partial charge in [-0.3, -0.25) is 9.59 Å². The fraction of sp³-hybridized carbons (Fsp3) is 0.538. The van der Waals surface area contributed by atoms with Gasteiger partial charge in [-0.15, -0.1) is 0 Å². The van der Waals surface area contributed by atoms with Crippen LogP contribution in [0.1, 0.15) is 35.6 Å². The summed E-state index contributed by atoms with van der Waals surface area (Å²) >= 11 is 1.61. The van der Waals surface area contributed by atoms with Gasteiger partial charge in [-0.05, 0) is 37.1 Å². The van der Waals surface area contributed by atoms with Crippen LogP contribution in [0.25, 0.3) is 0 Å². The molecule has 0 saturated heterocycles. The van der Waals surface area contributed by atoms with E-state index in [-0.39, 0.29) is 24.1 Å². The number of carbonyl (C=O) groups excluding carboxylic acids is 1. The number of carbonyl (C=O) groups is 2. The zero-order chi connectivity index (χ0) is 13.8. The normalized spacial score (nSPS) is 16.1. The highest BCUT2D eigenvalue weighted by Gasteiger charge is 2.34. The summed E-state index contributed by atoms with van der Waals surface area (Å²) in [5.41, 5.74) is 0. The number of amides is 1. The van der Waals surface area contributed by atoms with Crippen LogP contribution < -0.4 is 5.32 Å². The van der Waals surface area contributed by atoms with E-state index in [0.29, 0.717) is 11.7 Å². The predicted molar refractivity (Wildman–Crippen MR) is 72.2 cm³/mol. The Hall–Kier alpha value is -1.43. The van der Waals surface area contributed by atoms with Crippen molar-refractivity contribution in [3.63, 3.8) is 0 Å². The van der Waals surface area contributed by atoms with Gasteiger partial charge in [0.15, 0.2) is 5.76 Å². The standard InChI is InChI=1S/C13H17NO4S/c1-19-7-9-4-5-11(18-9)13(17)14-10(6-12(15)16)8-2-3-8/h4-5,8,10H,2-3,6-7H2,1H3,(H,14,17)(H,15,16). The summed E-state index contributed by atoms with van der Waals surface area (Å²) in [7, 11) is 0. The number of carboxylic acids is 1. The minimum Gasteiger partial charge on any atom is -0.481 e. The largest absolute Gasteiger partial charge is 0.481 e. The molecule has 2 rings (SSSR count). The first-order valence-electron chi connectivity index (χ1n) is 6.20. The van der Waals surface area contributed by atoms with E-state index >= 15 is 0 Å². The molecule has 0 aliphatic heterocycles. The lowest BCUT2D eigenvalue weighted by Gasteiger charge is -2.15. The van der Waals surface area contributed by atoms with E-state index in [4.69, 9.17) is 9.52 Å². The molecule has 1 aliphatic rings. The summed E-state index contributed by atoms with van der Waals surface area (Å²) < 4.78 is 5.41. The number of aliphatic carboxylic acids is 1. The third-order valence-electron chi connectivity index (χ3n) is 3.07. The molecular formula is C13H17NO4S. The van der Waals surface area contributed by atoms with Crippen molar-refractivity contribution in [3.05, 3.63) is 23.7 Å². The number of rotatable bonds is 7. The fourth-order valence-electron chi connectivity index (χ4n) is 1.98. The molecule has 5 nitrogen and oxygen atoms in total. The first-order chi connectivity index (χ1) is 9.10. The van der Waals surface area contributed by atoms with Gasteiger partial charge in [-0.2, -0.15) is 11.8 Å². The molecule has 1 unspecified atom stereocenters. The number of nitrogens with one attached hydrogen (secondary N) is 1. The molecule has 0 aromatic carbocycles. The summed E-state index contributed by atoms with van der Waals surface area (Å²) in [6, 6.07) is 3.11. The second-order valence-corrected chi connectivity index (χ2v) is 5.58. The Morgan fingerprint density at radius 2 is 2.26 bits per heavy atom. The average molecular weight is 283 g/mol. The van der Waals surface area contributed by atoms with E-state index in [2.05, 4.69) is 5.32 Å². The van der Waals surface area contributed by atoms with Gasteiger partial charge in [0.1, 0.15) is 5.76 Å². The van der Waals surface area contributed by atoms with E-state index in [0.717, 1.165) is 18.6 Å². The molecule has 19 heavy (non-hydrogen) atoms. The molecule has 1 fully saturated rings. The Labute approximate surface area is 115 Å². The van der Waals surface area contributed by atoms with E-state index in [1.54, 1.807) is 23.9 Å². The number of thioether (sulfide) groups is 1. The quantitative estimate of drug-likeness (QED) is 0.801. The Morgan fingerprint density at radius 1 is 1.53 bits per heavy atom. The van der Waals surface area contributed by atoms with E-state index in [1.165, 1.54) is 0 Å². The second kappa shape index (κ2) is 6.14. The van der Waals surface area contributed by atoms with Crippen molar-refractivity contribution in [2.45, 2.75) is 31.1 Å². The molecule has 1 amide bonds. The minimum absolute atomic E-state index is 0.0330. The summed E-state index contributed by atoms with van der Waals surface area (Å²) in [6.07, 6.45) is 3.88.